The number of nitrogens with zero attached hydrogens (tertiary/aromatic N) is 1. The second-order valence-electron chi connectivity index (χ2n) is 7.56. The van der Waals surface area contributed by atoms with Crippen molar-refractivity contribution in [3.63, 3.8) is 0 Å². The molecule has 0 unspecified atom stereocenters. The van der Waals surface area contributed by atoms with E-state index in [1.54, 1.807) is 14.2 Å². The van der Waals surface area contributed by atoms with Gasteiger partial charge >= 0.3 is 6.03 Å². The predicted octanol–water partition coefficient (Wildman–Crippen LogP) is 3.75. The topological polar surface area (TPSA) is 50.8 Å². The third-order valence-electron chi connectivity index (χ3n) is 5.24. The van der Waals surface area contributed by atoms with Gasteiger partial charge in [0.1, 0.15) is 0 Å². The molecule has 1 heterocycles. The molecule has 3 rings (SSSR count). The molecule has 0 radical (unpaired) electrons. The van der Waals surface area contributed by atoms with Gasteiger partial charge in [0.05, 0.1) is 14.2 Å². The molecule has 0 aliphatic carbocycles. The number of fused-ring (bicyclic) bond motifs is 1. The lowest BCUT2D eigenvalue weighted by Crippen LogP contribution is -2.46. The third kappa shape index (κ3) is 4.18. The number of nitrogens with one attached hydrogen (secondary N) is 1. The Morgan fingerprint density at radius 3 is 2.33 bits per heavy atom. The Bertz CT molecular complexity index is 803. The van der Waals surface area contributed by atoms with Crippen molar-refractivity contribution in [1.29, 1.82) is 0 Å². The number of carbonyl (C=O) groups excluding carboxylic acids is 1. The van der Waals surface area contributed by atoms with Gasteiger partial charge < -0.3 is 19.7 Å². The highest BCUT2D eigenvalue weighted by Crippen LogP contribution is 2.33. The van der Waals surface area contributed by atoms with E-state index in [0.29, 0.717) is 25.4 Å². The second-order valence-corrected chi connectivity index (χ2v) is 7.56. The zero-order chi connectivity index (χ0) is 19.4. The smallest absolute Gasteiger partial charge is 0.317 e. The molecule has 27 heavy (non-hydrogen) atoms. The summed E-state index contributed by atoms with van der Waals surface area (Å²) in [6, 6.07) is 14.2. The van der Waals surface area contributed by atoms with Crippen LogP contribution < -0.4 is 14.8 Å². The van der Waals surface area contributed by atoms with Crippen LogP contribution in [0.1, 0.15) is 30.5 Å². The standard InChI is InChI=1S/C22H28N2O3/c1-22(2,18-8-6-5-7-9-18)15-23-21(25)24-11-10-16-12-19(26-3)20(27-4)13-17(16)14-24/h5-9,12-13H,10-11,14-15H2,1-4H3,(H,23,25). The number of carbonyl (C=O) groups is 1. The van der Waals surface area contributed by atoms with Crippen molar-refractivity contribution in [3.8, 4) is 11.5 Å². The Morgan fingerprint density at radius 2 is 1.70 bits per heavy atom. The SMILES string of the molecule is COc1cc2c(cc1OC)CN(C(=O)NCC(C)(C)c1ccccc1)CC2. The monoisotopic (exact) mass is 368 g/mol. The number of benzene rings is 2. The molecule has 0 spiro atoms. The minimum atomic E-state index is -0.124. The van der Waals surface area contributed by atoms with Gasteiger partial charge in [-0.3, -0.25) is 0 Å². The molecule has 0 saturated heterocycles. The Labute approximate surface area is 161 Å². The van der Waals surface area contributed by atoms with Crippen LogP contribution in [-0.2, 0) is 18.4 Å². The number of hydrogen-bond donors (Lipinski definition) is 1. The van der Waals surface area contributed by atoms with Crippen LogP contribution in [0, 0.1) is 0 Å². The quantitative estimate of drug-likeness (QED) is 0.874. The number of rotatable bonds is 5. The molecular weight excluding hydrogens is 340 g/mol. The van der Waals surface area contributed by atoms with Gasteiger partial charge in [0.15, 0.2) is 11.5 Å². The summed E-state index contributed by atoms with van der Waals surface area (Å²) in [6.07, 6.45) is 0.811. The van der Waals surface area contributed by atoms with Crippen LogP contribution in [0.3, 0.4) is 0 Å². The van der Waals surface area contributed by atoms with Crippen molar-refractivity contribution in [2.75, 3.05) is 27.3 Å². The summed E-state index contributed by atoms with van der Waals surface area (Å²) in [7, 11) is 3.27. The first-order chi connectivity index (χ1) is 12.9. The molecule has 2 aromatic carbocycles. The van der Waals surface area contributed by atoms with E-state index in [4.69, 9.17) is 9.47 Å². The van der Waals surface area contributed by atoms with Crippen molar-refractivity contribution in [3.05, 3.63) is 59.2 Å². The summed E-state index contributed by atoms with van der Waals surface area (Å²) in [4.78, 5) is 14.6. The van der Waals surface area contributed by atoms with Gasteiger partial charge in [-0.2, -0.15) is 0 Å². The van der Waals surface area contributed by atoms with Gasteiger partial charge in [-0.05, 0) is 35.2 Å². The lowest BCUT2D eigenvalue weighted by molar-refractivity contribution is 0.190. The maximum atomic E-state index is 12.7. The fourth-order valence-electron chi connectivity index (χ4n) is 3.46. The number of ether oxygens (including phenoxy) is 2. The van der Waals surface area contributed by atoms with E-state index in [2.05, 4.69) is 31.3 Å². The molecule has 0 saturated carbocycles. The molecule has 1 aliphatic heterocycles. The summed E-state index contributed by atoms with van der Waals surface area (Å²) in [5.41, 5.74) is 3.41. The molecule has 5 nitrogen and oxygen atoms in total. The molecule has 2 aromatic rings. The molecule has 0 fully saturated rings. The average molecular weight is 368 g/mol. The third-order valence-corrected chi connectivity index (χ3v) is 5.24. The van der Waals surface area contributed by atoms with E-state index in [1.165, 1.54) is 11.1 Å². The maximum Gasteiger partial charge on any atom is 0.317 e. The van der Waals surface area contributed by atoms with E-state index in [1.807, 2.05) is 35.2 Å². The molecule has 144 valence electrons. The van der Waals surface area contributed by atoms with Crippen molar-refractivity contribution in [1.82, 2.24) is 10.2 Å². The lowest BCUT2D eigenvalue weighted by atomic mass is 9.85. The average Bonchev–Trinajstić information content (AvgIpc) is 2.71. The number of methoxy groups -OCH3 is 2. The number of urea groups is 1. The minimum Gasteiger partial charge on any atom is -0.493 e. The van der Waals surface area contributed by atoms with Crippen molar-refractivity contribution < 1.29 is 14.3 Å². The lowest BCUT2D eigenvalue weighted by Gasteiger charge is -2.32. The van der Waals surface area contributed by atoms with Gasteiger partial charge in [0.25, 0.3) is 0 Å². The van der Waals surface area contributed by atoms with Crippen LogP contribution >= 0.6 is 0 Å². The van der Waals surface area contributed by atoms with Gasteiger partial charge in [-0.1, -0.05) is 44.2 Å². The van der Waals surface area contributed by atoms with Crippen LogP contribution in [-0.4, -0.2) is 38.2 Å². The molecular formula is C22H28N2O3. The second kappa shape index (κ2) is 7.91. The molecule has 1 N–H and O–H groups in total. The van der Waals surface area contributed by atoms with E-state index >= 15 is 0 Å². The van der Waals surface area contributed by atoms with Crippen molar-refractivity contribution in [2.24, 2.45) is 0 Å². The number of hydrogen-bond acceptors (Lipinski definition) is 3. The van der Waals surface area contributed by atoms with E-state index in [-0.39, 0.29) is 11.4 Å². The normalized spacial score (nSPS) is 13.7. The van der Waals surface area contributed by atoms with Crippen molar-refractivity contribution in [2.45, 2.75) is 32.2 Å². The molecule has 0 atom stereocenters. The van der Waals surface area contributed by atoms with Gasteiger partial charge in [0, 0.05) is 25.0 Å². The molecule has 0 bridgehead atoms. The Morgan fingerprint density at radius 1 is 1.07 bits per heavy atom. The zero-order valence-corrected chi connectivity index (χ0v) is 16.5. The van der Waals surface area contributed by atoms with Gasteiger partial charge in [0.2, 0.25) is 0 Å². The van der Waals surface area contributed by atoms with E-state index in [0.717, 1.165) is 17.7 Å². The summed E-state index contributed by atoms with van der Waals surface area (Å²) in [6.45, 7) is 6.15. The first-order valence-corrected chi connectivity index (χ1v) is 9.26. The predicted molar refractivity (Wildman–Crippen MR) is 107 cm³/mol. The summed E-state index contributed by atoms with van der Waals surface area (Å²) in [5.74, 6) is 1.43. The molecule has 2 amide bonds. The minimum absolute atomic E-state index is 0.0283. The van der Waals surface area contributed by atoms with Crippen LogP contribution in [0.15, 0.2) is 42.5 Å². The summed E-state index contributed by atoms with van der Waals surface area (Å²) >= 11 is 0. The Kier molecular flexibility index (Phi) is 5.59. The molecule has 1 aliphatic rings. The Hall–Kier alpha value is -2.69. The Balaban J connectivity index is 1.65. The first-order valence-electron chi connectivity index (χ1n) is 9.26. The highest BCUT2D eigenvalue weighted by molar-refractivity contribution is 5.75. The molecule has 0 aromatic heterocycles. The fourth-order valence-corrected chi connectivity index (χ4v) is 3.46. The van der Waals surface area contributed by atoms with Crippen molar-refractivity contribution >= 4 is 6.03 Å². The van der Waals surface area contributed by atoms with Gasteiger partial charge in [-0.25, -0.2) is 4.79 Å². The maximum absolute atomic E-state index is 12.7. The van der Waals surface area contributed by atoms with Crippen LogP contribution in [0.2, 0.25) is 0 Å². The zero-order valence-electron chi connectivity index (χ0n) is 16.5. The highest BCUT2D eigenvalue weighted by Gasteiger charge is 2.25. The summed E-state index contributed by atoms with van der Waals surface area (Å²) in [5, 5.41) is 3.10. The largest absolute Gasteiger partial charge is 0.493 e. The first kappa shape index (κ1) is 19.1. The molecule has 5 heteroatoms. The van der Waals surface area contributed by atoms with E-state index < -0.39 is 0 Å². The highest BCUT2D eigenvalue weighted by atomic mass is 16.5. The fraction of sp³-hybridized carbons (Fsp3) is 0.409. The van der Waals surface area contributed by atoms with Crippen LogP contribution in [0.4, 0.5) is 4.79 Å². The van der Waals surface area contributed by atoms with Gasteiger partial charge in [-0.15, -0.1) is 0 Å². The van der Waals surface area contributed by atoms with Crippen LogP contribution in [0.25, 0.3) is 0 Å². The van der Waals surface area contributed by atoms with Crippen LogP contribution in [0.5, 0.6) is 11.5 Å². The summed E-state index contributed by atoms with van der Waals surface area (Å²) < 4.78 is 10.8. The number of amides is 2. The van der Waals surface area contributed by atoms with E-state index in [9.17, 15) is 4.79 Å².